The van der Waals surface area contributed by atoms with Gasteiger partial charge in [-0.15, -0.1) is 0 Å². The van der Waals surface area contributed by atoms with E-state index in [0.717, 1.165) is 17.9 Å². The highest BCUT2D eigenvalue weighted by molar-refractivity contribution is 5.39. The zero-order chi connectivity index (χ0) is 15.0. The first kappa shape index (κ1) is 16.8. The Morgan fingerprint density at radius 3 is 2.30 bits per heavy atom. The smallest absolute Gasteiger partial charge is 0.161 e. The van der Waals surface area contributed by atoms with Crippen LogP contribution in [0, 0.1) is 0 Å². The van der Waals surface area contributed by atoms with Crippen molar-refractivity contribution in [3.05, 3.63) is 24.3 Å². The van der Waals surface area contributed by atoms with Crippen LogP contribution in [0.5, 0.6) is 11.5 Å². The number of rotatable bonds is 9. The maximum absolute atomic E-state index is 9.53. The summed E-state index contributed by atoms with van der Waals surface area (Å²) in [7, 11) is 0. The molecule has 1 unspecified atom stereocenters. The number of para-hydroxylation sites is 2. The highest BCUT2D eigenvalue weighted by Crippen LogP contribution is 2.26. The van der Waals surface area contributed by atoms with E-state index in [-0.39, 0.29) is 12.1 Å². The molecule has 0 aliphatic rings. The van der Waals surface area contributed by atoms with Gasteiger partial charge < -0.3 is 19.9 Å². The van der Waals surface area contributed by atoms with Crippen LogP contribution in [0.25, 0.3) is 0 Å². The highest BCUT2D eigenvalue weighted by Gasteiger charge is 2.23. The summed E-state index contributed by atoms with van der Waals surface area (Å²) in [5, 5.41) is 12.9. The Morgan fingerprint density at radius 2 is 1.80 bits per heavy atom. The minimum absolute atomic E-state index is 0.0850. The van der Waals surface area contributed by atoms with Crippen molar-refractivity contribution < 1.29 is 14.6 Å². The predicted octanol–water partition coefficient (Wildman–Crippen LogP) is 2.60. The van der Waals surface area contributed by atoms with Crippen molar-refractivity contribution in [2.75, 3.05) is 19.8 Å². The van der Waals surface area contributed by atoms with E-state index >= 15 is 0 Å². The standard InChI is InChI=1S/C16H27NO3/c1-5-19-14-8-6-7-9-15(14)20-11-10-16(4,12-18)17-13(2)3/h6-9,13,17-18H,5,10-12H2,1-4H3. The van der Waals surface area contributed by atoms with Crippen LogP contribution >= 0.6 is 0 Å². The van der Waals surface area contributed by atoms with Crippen molar-refractivity contribution >= 4 is 0 Å². The second-order valence-electron chi connectivity index (χ2n) is 5.50. The molecule has 20 heavy (non-hydrogen) atoms. The summed E-state index contributed by atoms with van der Waals surface area (Å²) in [4.78, 5) is 0. The summed E-state index contributed by atoms with van der Waals surface area (Å²) < 4.78 is 11.3. The third-order valence-corrected chi connectivity index (χ3v) is 3.05. The normalized spacial score (nSPS) is 14.1. The lowest BCUT2D eigenvalue weighted by atomic mass is 9.98. The van der Waals surface area contributed by atoms with Crippen molar-refractivity contribution in [2.24, 2.45) is 0 Å². The van der Waals surface area contributed by atoms with Gasteiger partial charge in [0, 0.05) is 18.0 Å². The number of hydrogen-bond donors (Lipinski definition) is 2. The highest BCUT2D eigenvalue weighted by atomic mass is 16.5. The van der Waals surface area contributed by atoms with E-state index < -0.39 is 0 Å². The Kier molecular flexibility index (Phi) is 6.82. The lowest BCUT2D eigenvalue weighted by Crippen LogP contribution is -2.49. The summed E-state index contributed by atoms with van der Waals surface area (Å²) in [6.45, 7) is 9.32. The summed E-state index contributed by atoms with van der Waals surface area (Å²) in [5.41, 5.74) is -0.325. The molecular weight excluding hydrogens is 254 g/mol. The molecular formula is C16H27NO3. The minimum Gasteiger partial charge on any atom is -0.490 e. The summed E-state index contributed by atoms with van der Waals surface area (Å²) in [6.07, 6.45) is 0.724. The van der Waals surface area contributed by atoms with Crippen LogP contribution in [-0.2, 0) is 0 Å². The Labute approximate surface area is 122 Å². The first-order valence-corrected chi connectivity index (χ1v) is 7.24. The molecule has 1 aromatic carbocycles. The van der Waals surface area contributed by atoms with Crippen molar-refractivity contribution in [1.29, 1.82) is 0 Å². The van der Waals surface area contributed by atoms with E-state index in [1.165, 1.54) is 0 Å². The Bertz CT molecular complexity index is 395. The predicted molar refractivity (Wildman–Crippen MR) is 81.5 cm³/mol. The zero-order valence-corrected chi connectivity index (χ0v) is 13.0. The van der Waals surface area contributed by atoms with Gasteiger partial charge in [-0.25, -0.2) is 0 Å². The third-order valence-electron chi connectivity index (χ3n) is 3.05. The maximum atomic E-state index is 9.53. The molecule has 0 spiro atoms. The average molecular weight is 281 g/mol. The maximum Gasteiger partial charge on any atom is 0.161 e. The minimum atomic E-state index is -0.325. The van der Waals surface area contributed by atoms with Gasteiger partial charge in [0.25, 0.3) is 0 Å². The van der Waals surface area contributed by atoms with E-state index in [4.69, 9.17) is 9.47 Å². The van der Waals surface area contributed by atoms with Gasteiger partial charge in [-0.2, -0.15) is 0 Å². The first-order chi connectivity index (χ1) is 9.50. The Hall–Kier alpha value is -1.26. The van der Waals surface area contributed by atoms with E-state index in [1.54, 1.807) is 0 Å². The molecule has 0 aromatic heterocycles. The van der Waals surface area contributed by atoms with Crippen molar-refractivity contribution in [3.63, 3.8) is 0 Å². The fourth-order valence-electron chi connectivity index (χ4n) is 2.12. The molecule has 0 saturated heterocycles. The first-order valence-electron chi connectivity index (χ1n) is 7.24. The fourth-order valence-corrected chi connectivity index (χ4v) is 2.12. The topological polar surface area (TPSA) is 50.7 Å². The van der Waals surface area contributed by atoms with Gasteiger partial charge in [0.15, 0.2) is 11.5 Å². The number of nitrogens with one attached hydrogen (secondary N) is 1. The van der Waals surface area contributed by atoms with Crippen LogP contribution in [0.3, 0.4) is 0 Å². The average Bonchev–Trinajstić information content (AvgIpc) is 2.40. The summed E-state index contributed by atoms with van der Waals surface area (Å²) >= 11 is 0. The van der Waals surface area contributed by atoms with Gasteiger partial charge in [-0.05, 0) is 26.0 Å². The van der Waals surface area contributed by atoms with Crippen LogP contribution < -0.4 is 14.8 Å². The second kappa shape index (κ2) is 8.12. The molecule has 0 amide bonds. The molecule has 0 saturated carbocycles. The van der Waals surface area contributed by atoms with Crippen LogP contribution in [-0.4, -0.2) is 36.5 Å². The van der Waals surface area contributed by atoms with Gasteiger partial charge in [-0.1, -0.05) is 26.0 Å². The van der Waals surface area contributed by atoms with E-state index in [1.807, 2.05) is 38.1 Å². The molecule has 1 aromatic rings. The number of ether oxygens (including phenoxy) is 2. The van der Waals surface area contributed by atoms with Crippen LogP contribution in [0.2, 0.25) is 0 Å². The van der Waals surface area contributed by atoms with E-state index in [0.29, 0.717) is 19.3 Å². The number of aliphatic hydroxyl groups excluding tert-OH is 1. The van der Waals surface area contributed by atoms with Gasteiger partial charge in [0.2, 0.25) is 0 Å². The zero-order valence-electron chi connectivity index (χ0n) is 13.0. The number of benzene rings is 1. The van der Waals surface area contributed by atoms with Gasteiger partial charge in [0.1, 0.15) is 0 Å². The van der Waals surface area contributed by atoms with Crippen LogP contribution in [0.4, 0.5) is 0 Å². The molecule has 4 heteroatoms. The lowest BCUT2D eigenvalue weighted by molar-refractivity contribution is 0.135. The Morgan fingerprint density at radius 1 is 1.20 bits per heavy atom. The molecule has 4 nitrogen and oxygen atoms in total. The molecule has 0 aliphatic heterocycles. The van der Waals surface area contributed by atoms with Crippen molar-refractivity contribution in [1.82, 2.24) is 5.32 Å². The molecule has 0 heterocycles. The molecule has 114 valence electrons. The van der Waals surface area contributed by atoms with Crippen molar-refractivity contribution in [2.45, 2.75) is 45.7 Å². The molecule has 0 fully saturated rings. The fraction of sp³-hybridized carbons (Fsp3) is 0.625. The van der Waals surface area contributed by atoms with Gasteiger partial charge >= 0.3 is 0 Å². The van der Waals surface area contributed by atoms with Crippen LogP contribution in [0.1, 0.15) is 34.1 Å². The van der Waals surface area contributed by atoms with Gasteiger partial charge in [0.05, 0.1) is 19.8 Å². The SMILES string of the molecule is CCOc1ccccc1OCCC(C)(CO)NC(C)C. The molecule has 2 N–H and O–H groups in total. The Balaban J connectivity index is 2.55. The molecule has 0 aliphatic carbocycles. The number of aliphatic hydroxyl groups is 1. The van der Waals surface area contributed by atoms with Crippen molar-refractivity contribution in [3.8, 4) is 11.5 Å². The molecule has 1 atom stereocenters. The monoisotopic (exact) mass is 281 g/mol. The molecule has 0 bridgehead atoms. The van der Waals surface area contributed by atoms with E-state index in [9.17, 15) is 5.11 Å². The third kappa shape index (κ3) is 5.39. The molecule has 1 rings (SSSR count). The molecule has 0 radical (unpaired) electrons. The lowest BCUT2D eigenvalue weighted by Gasteiger charge is -2.31. The quantitative estimate of drug-likeness (QED) is 0.730. The largest absolute Gasteiger partial charge is 0.490 e. The van der Waals surface area contributed by atoms with Gasteiger partial charge in [-0.3, -0.25) is 0 Å². The summed E-state index contributed by atoms with van der Waals surface area (Å²) in [5.74, 6) is 1.51. The van der Waals surface area contributed by atoms with Crippen LogP contribution in [0.15, 0.2) is 24.3 Å². The summed E-state index contributed by atoms with van der Waals surface area (Å²) in [6, 6.07) is 7.97. The number of hydrogen-bond acceptors (Lipinski definition) is 4. The van der Waals surface area contributed by atoms with E-state index in [2.05, 4.69) is 19.2 Å². The second-order valence-corrected chi connectivity index (χ2v) is 5.50.